The molecule has 3 aromatic rings. The first-order valence-electron chi connectivity index (χ1n) is 8.57. The number of nitrogens with zero attached hydrogens (tertiary/aromatic N) is 2. The molecule has 1 amide bonds. The Morgan fingerprint density at radius 1 is 1.23 bits per heavy atom. The first kappa shape index (κ1) is 16.4. The number of amides is 1. The van der Waals surface area contributed by atoms with Crippen molar-refractivity contribution in [3.8, 4) is 22.8 Å². The number of carbonyl (C=O) groups is 1. The number of ether oxygens (including phenoxy) is 2. The third kappa shape index (κ3) is 2.85. The number of methoxy groups -OCH3 is 2. The van der Waals surface area contributed by atoms with E-state index in [0.717, 1.165) is 18.4 Å². The molecule has 0 saturated heterocycles. The van der Waals surface area contributed by atoms with Gasteiger partial charge in [0.2, 0.25) is 0 Å². The molecule has 2 N–H and O–H groups in total. The number of aromatic amines is 1. The van der Waals surface area contributed by atoms with E-state index in [9.17, 15) is 4.79 Å². The maximum Gasteiger partial charge on any atom is 0.255 e. The Bertz CT molecular complexity index is 963. The van der Waals surface area contributed by atoms with Gasteiger partial charge in [0.15, 0.2) is 17.1 Å². The van der Waals surface area contributed by atoms with Gasteiger partial charge in [-0.05, 0) is 37.5 Å². The molecular weight excluding hydrogens is 332 g/mol. The third-order valence-electron chi connectivity index (χ3n) is 4.75. The van der Waals surface area contributed by atoms with Crippen LogP contribution in [0.25, 0.3) is 22.4 Å². The van der Waals surface area contributed by atoms with Crippen molar-refractivity contribution in [1.82, 2.24) is 20.3 Å². The summed E-state index contributed by atoms with van der Waals surface area (Å²) >= 11 is 0. The molecule has 1 saturated carbocycles. The van der Waals surface area contributed by atoms with Crippen molar-refractivity contribution in [2.75, 3.05) is 14.2 Å². The second-order valence-electron chi connectivity index (χ2n) is 6.33. The zero-order valence-electron chi connectivity index (χ0n) is 14.7. The Morgan fingerprint density at radius 2 is 2.04 bits per heavy atom. The SMILES string of the molecule is COc1ccc(-c2cnc3[nH]cc(C(=O)NC4CCC4)c3n2)cc1OC. The molecule has 26 heavy (non-hydrogen) atoms. The molecule has 2 aromatic heterocycles. The van der Waals surface area contributed by atoms with Crippen LogP contribution in [0.5, 0.6) is 11.5 Å². The molecule has 1 aromatic carbocycles. The highest BCUT2D eigenvalue weighted by atomic mass is 16.5. The molecule has 0 spiro atoms. The maximum absolute atomic E-state index is 12.5. The molecule has 7 heteroatoms. The van der Waals surface area contributed by atoms with E-state index in [-0.39, 0.29) is 11.9 Å². The first-order chi connectivity index (χ1) is 12.7. The van der Waals surface area contributed by atoms with Crippen molar-refractivity contribution in [2.45, 2.75) is 25.3 Å². The topological polar surface area (TPSA) is 89.1 Å². The first-order valence-corrected chi connectivity index (χ1v) is 8.57. The van der Waals surface area contributed by atoms with Gasteiger partial charge < -0.3 is 19.8 Å². The van der Waals surface area contributed by atoms with Gasteiger partial charge in [-0.3, -0.25) is 4.79 Å². The van der Waals surface area contributed by atoms with Gasteiger partial charge in [-0.15, -0.1) is 0 Å². The number of benzene rings is 1. The monoisotopic (exact) mass is 352 g/mol. The molecule has 1 aliphatic carbocycles. The second kappa shape index (κ2) is 6.67. The van der Waals surface area contributed by atoms with Crippen molar-refractivity contribution in [2.24, 2.45) is 0 Å². The number of hydrogen-bond acceptors (Lipinski definition) is 5. The molecule has 0 bridgehead atoms. The Hall–Kier alpha value is -3.09. The zero-order chi connectivity index (χ0) is 18.1. The van der Waals surface area contributed by atoms with E-state index >= 15 is 0 Å². The lowest BCUT2D eigenvalue weighted by Crippen LogP contribution is -2.39. The smallest absolute Gasteiger partial charge is 0.255 e. The Labute approximate surface area is 150 Å². The van der Waals surface area contributed by atoms with E-state index in [1.54, 1.807) is 26.6 Å². The van der Waals surface area contributed by atoms with Crippen molar-refractivity contribution in [3.63, 3.8) is 0 Å². The van der Waals surface area contributed by atoms with Gasteiger partial charge in [0.25, 0.3) is 5.91 Å². The van der Waals surface area contributed by atoms with E-state index in [4.69, 9.17) is 9.47 Å². The fourth-order valence-corrected chi connectivity index (χ4v) is 3.01. The summed E-state index contributed by atoms with van der Waals surface area (Å²) in [5.74, 6) is 1.15. The molecule has 0 unspecified atom stereocenters. The standard InChI is InChI=1S/C19H20N4O3/c1-25-15-7-6-11(8-16(15)26-2)14-10-21-18-17(23-14)13(9-20-18)19(24)22-12-4-3-5-12/h6-10,12H,3-5H2,1-2H3,(H,20,21)(H,22,24). The largest absolute Gasteiger partial charge is 0.493 e. The zero-order valence-corrected chi connectivity index (χ0v) is 14.7. The Morgan fingerprint density at radius 3 is 2.73 bits per heavy atom. The van der Waals surface area contributed by atoms with Crippen LogP contribution in [0.15, 0.2) is 30.6 Å². The molecule has 4 rings (SSSR count). The summed E-state index contributed by atoms with van der Waals surface area (Å²) < 4.78 is 10.6. The minimum Gasteiger partial charge on any atom is -0.493 e. The minimum absolute atomic E-state index is 0.111. The summed E-state index contributed by atoms with van der Waals surface area (Å²) in [5, 5.41) is 3.04. The van der Waals surface area contributed by atoms with Crippen LogP contribution in [-0.4, -0.2) is 41.1 Å². The number of rotatable bonds is 5. The van der Waals surface area contributed by atoms with E-state index in [1.807, 2.05) is 18.2 Å². The summed E-state index contributed by atoms with van der Waals surface area (Å²) in [6.07, 6.45) is 6.58. The van der Waals surface area contributed by atoms with Gasteiger partial charge in [0, 0.05) is 17.8 Å². The van der Waals surface area contributed by atoms with Crippen molar-refractivity contribution >= 4 is 17.1 Å². The summed E-state index contributed by atoms with van der Waals surface area (Å²) in [7, 11) is 3.18. The number of hydrogen-bond donors (Lipinski definition) is 2. The van der Waals surface area contributed by atoms with Crippen LogP contribution in [0.1, 0.15) is 29.6 Å². The predicted octanol–water partition coefficient (Wildman–Crippen LogP) is 2.92. The number of fused-ring (bicyclic) bond motifs is 1. The van der Waals surface area contributed by atoms with E-state index in [2.05, 4.69) is 20.3 Å². The van der Waals surface area contributed by atoms with Gasteiger partial charge in [0.1, 0.15) is 5.52 Å². The van der Waals surface area contributed by atoms with Crippen LogP contribution < -0.4 is 14.8 Å². The lowest BCUT2D eigenvalue weighted by atomic mass is 9.93. The van der Waals surface area contributed by atoms with E-state index in [1.165, 1.54) is 6.42 Å². The van der Waals surface area contributed by atoms with Crippen LogP contribution in [0.4, 0.5) is 0 Å². The average Bonchev–Trinajstić information content (AvgIpc) is 3.07. The summed E-state index contributed by atoms with van der Waals surface area (Å²) in [5.41, 5.74) is 3.17. The Balaban J connectivity index is 1.70. The Kier molecular flexibility index (Phi) is 4.20. The molecule has 0 aliphatic heterocycles. The van der Waals surface area contributed by atoms with Gasteiger partial charge in [0.05, 0.1) is 31.7 Å². The lowest BCUT2D eigenvalue weighted by molar-refractivity contribution is 0.0918. The lowest BCUT2D eigenvalue weighted by Gasteiger charge is -2.26. The van der Waals surface area contributed by atoms with Gasteiger partial charge in [-0.1, -0.05) is 0 Å². The summed E-state index contributed by atoms with van der Waals surface area (Å²) in [4.78, 5) is 24.6. The van der Waals surface area contributed by atoms with Gasteiger partial charge >= 0.3 is 0 Å². The highest BCUT2D eigenvalue weighted by Gasteiger charge is 2.22. The average molecular weight is 352 g/mol. The summed E-state index contributed by atoms with van der Waals surface area (Å²) in [6, 6.07) is 5.82. The predicted molar refractivity (Wildman–Crippen MR) is 97.5 cm³/mol. The van der Waals surface area contributed by atoms with E-state index < -0.39 is 0 Å². The quantitative estimate of drug-likeness (QED) is 0.737. The van der Waals surface area contributed by atoms with Crippen LogP contribution in [0, 0.1) is 0 Å². The van der Waals surface area contributed by atoms with Crippen LogP contribution in [0.3, 0.4) is 0 Å². The highest BCUT2D eigenvalue weighted by molar-refractivity contribution is 6.04. The summed E-state index contributed by atoms with van der Waals surface area (Å²) in [6.45, 7) is 0. The van der Waals surface area contributed by atoms with Crippen LogP contribution in [0.2, 0.25) is 0 Å². The van der Waals surface area contributed by atoms with Crippen LogP contribution in [-0.2, 0) is 0 Å². The molecule has 2 heterocycles. The molecule has 7 nitrogen and oxygen atoms in total. The van der Waals surface area contributed by atoms with E-state index in [0.29, 0.717) is 33.9 Å². The van der Waals surface area contributed by atoms with Gasteiger partial charge in [-0.25, -0.2) is 9.97 Å². The van der Waals surface area contributed by atoms with Crippen molar-refractivity contribution in [3.05, 3.63) is 36.2 Å². The van der Waals surface area contributed by atoms with Crippen molar-refractivity contribution in [1.29, 1.82) is 0 Å². The number of H-pyrrole nitrogens is 1. The van der Waals surface area contributed by atoms with Gasteiger partial charge in [-0.2, -0.15) is 0 Å². The maximum atomic E-state index is 12.5. The normalized spacial score (nSPS) is 14.1. The molecular formula is C19H20N4O3. The third-order valence-corrected chi connectivity index (χ3v) is 4.75. The van der Waals surface area contributed by atoms with Crippen LogP contribution >= 0.6 is 0 Å². The number of aromatic nitrogens is 3. The molecule has 134 valence electrons. The van der Waals surface area contributed by atoms with Crippen molar-refractivity contribution < 1.29 is 14.3 Å². The fraction of sp³-hybridized carbons (Fsp3) is 0.316. The highest BCUT2D eigenvalue weighted by Crippen LogP contribution is 2.32. The molecule has 0 radical (unpaired) electrons. The minimum atomic E-state index is -0.111. The molecule has 1 aliphatic rings. The molecule has 1 fully saturated rings. The number of nitrogens with one attached hydrogen (secondary N) is 2. The number of carbonyl (C=O) groups excluding carboxylic acids is 1. The molecule has 0 atom stereocenters. The fourth-order valence-electron chi connectivity index (χ4n) is 3.01. The second-order valence-corrected chi connectivity index (χ2v) is 6.33.